The third kappa shape index (κ3) is 2.33. The molecule has 0 unspecified atom stereocenters. The van der Waals surface area contributed by atoms with Gasteiger partial charge in [-0.05, 0) is 24.6 Å². The minimum absolute atomic E-state index is 0.428. The van der Waals surface area contributed by atoms with Gasteiger partial charge in [0.05, 0.1) is 5.52 Å². The minimum atomic E-state index is -0.428. The van der Waals surface area contributed by atoms with Gasteiger partial charge < -0.3 is 9.73 Å². The summed E-state index contributed by atoms with van der Waals surface area (Å²) >= 11 is 5.56. The molecule has 4 nitrogen and oxygen atoms in total. The second kappa shape index (κ2) is 4.40. The van der Waals surface area contributed by atoms with Crippen molar-refractivity contribution in [1.82, 2.24) is 4.98 Å². The van der Waals surface area contributed by atoms with E-state index in [1.807, 2.05) is 12.1 Å². The van der Waals surface area contributed by atoms with E-state index in [2.05, 4.69) is 10.3 Å². The molecular formula is C10H11ClN2O2. The molecule has 0 aliphatic carbocycles. The van der Waals surface area contributed by atoms with E-state index in [9.17, 15) is 4.79 Å². The number of nitrogens with one attached hydrogen (secondary N) is 2. The summed E-state index contributed by atoms with van der Waals surface area (Å²) in [5.41, 5.74) is 2.23. The van der Waals surface area contributed by atoms with Crippen LogP contribution in [0.25, 0.3) is 11.1 Å². The molecule has 2 aromatic rings. The lowest BCUT2D eigenvalue weighted by Gasteiger charge is -2.03. The van der Waals surface area contributed by atoms with Gasteiger partial charge in [0.25, 0.3) is 0 Å². The van der Waals surface area contributed by atoms with Gasteiger partial charge in [0, 0.05) is 18.1 Å². The van der Waals surface area contributed by atoms with Crippen molar-refractivity contribution in [2.24, 2.45) is 0 Å². The molecule has 80 valence electrons. The van der Waals surface area contributed by atoms with E-state index in [1.165, 1.54) is 0 Å². The van der Waals surface area contributed by atoms with Crippen LogP contribution in [0.5, 0.6) is 0 Å². The fraction of sp³-hybridized carbons (Fsp3) is 0.300. The Bertz CT molecular complexity index is 503. The molecule has 2 rings (SSSR count). The van der Waals surface area contributed by atoms with Crippen LogP contribution in [0.3, 0.4) is 0 Å². The van der Waals surface area contributed by atoms with E-state index in [0.29, 0.717) is 17.0 Å². The molecule has 0 saturated heterocycles. The van der Waals surface area contributed by atoms with E-state index in [4.69, 9.17) is 16.0 Å². The van der Waals surface area contributed by atoms with Crippen LogP contribution in [0.2, 0.25) is 0 Å². The molecule has 0 spiro atoms. The smallest absolute Gasteiger partial charge is 0.408 e. The summed E-state index contributed by atoms with van der Waals surface area (Å²) in [5.74, 6) is 0.209. The van der Waals surface area contributed by atoms with Crippen LogP contribution in [-0.4, -0.2) is 17.4 Å². The Morgan fingerprint density at radius 3 is 3.13 bits per heavy atom. The highest BCUT2D eigenvalue weighted by Gasteiger charge is 2.00. The normalized spacial score (nSPS) is 10.7. The number of hydrogen-bond donors (Lipinski definition) is 2. The topological polar surface area (TPSA) is 58.0 Å². The molecule has 1 aromatic carbocycles. The van der Waals surface area contributed by atoms with Crippen molar-refractivity contribution in [2.45, 2.75) is 6.42 Å². The summed E-state index contributed by atoms with van der Waals surface area (Å²) in [6.07, 6.45) is 0.904. The Kier molecular flexibility index (Phi) is 2.97. The summed E-state index contributed by atoms with van der Waals surface area (Å²) in [6.45, 7) is 0.817. The van der Waals surface area contributed by atoms with Gasteiger partial charge in [-0.3, -0.25) is 4.98 Å². The fourth-order valence-corrected chi connectivity index (χ4v) is 1.50. The van der Waals surface area contributed by atoms with Crippen LogP contribution in [0.15, 0.2) is 27.4 Å². The first-order valence-electron chi connectivity index (χ1n) is 4.72. The zero-order valence-corrected chi connectivity index (χ0v) is 8.80. The molecular weight excluding hydrogens is 216 g/mol. The van der Waals surface area contributed by atoms with Gasteiger partial charge in [0.1, 0.15) is 0 Å². The number of fused-ring (bicyclic) bond motifs is 1. The third-order valence-corrected chi connectivity index (χ3v) is 2.33. The lowest BCUT2D eigenvalue weighted by molar-refractivity contribution is 0.555. The van der Waals surface area contributed by atoms with Gasteiger partial charge in [-0.1, -0.05) is 0 Å². The van der Waals surface area contributed by atoms with E-state index in [1.54, 1.807) is 6.07 Å². The third-order valence-electron chi connectivity index (χ3n) is 2.06. The van der Waals surface area contributed by atoms with Crippen molar-refractivity contribution in [2.75, 3.05) is 17.7 Å². The largest absolute Gasteiger partial charge is 0.417 e. The molecule has 0 aliphatic heterocycles. The van der Waals surface area contributed by atoms with Gasteiger partial charge in [-0.2, -0.15) is 0 Å². The molecule has 0 bridgehead atoms. The van der Waals surface area contributed by atoms with Crippen molar-refractivity contribution >= 4 is 28.4 Å². The standard InChI is InChI=1S/C10H11ClN2O2/c11-4-1-5-12-7-2-3-9-8(6-7)13-10(14)15-9/h2-3,6,12H,1,4-5H2,(H,13,14). The van der Waals surface area contributed by atoms with Crippen LogP contribution in [0.1, 0.15) is 6.42 Å². The number of alkyl halides is 1. The quantitative estimate of drug-likeness (QED) is 0.621. The average Bonchev–Trinajstić information content (AvgIpc) is 2.57. The Hall–Kier alpha value is -1.42. The van der Waals surface area contributed by atoms with E-state index in [-0.39, 0.29) is 0 Å². The SMILES string of the molecule is O=c1[nH]c2cc(NCCCCl)ccc2o1. The molecule has 0 amide bonds. The molecule has 0 aliphatic rings. The molecule has 0 radical (unpaired) electrons. The number of halogens is 1. The van der Waals surface area contributed by atoms with Crippen LogP contribution >= 0.6 is 11.6 Å². The van der Waals surface area contributed by atoms with Gasteiger partial charge in [0.15, 0.2) is 5.58 Å². The summed E-state index contributed by atoms with van der Waals surface area (Å²) < 4.78 is 4.89. The number of aromatic amines is 1. The zero-order valence-electron chi connectivity index (χ0n) is 8.05. The first-order chi connectivity index (χ1) is 7.29. The van der Waals surface area contributed by atoms with Crippen molar-refractivity contribution in [3.63, 3.8) is 0 Å². The summed E-state index contributed by atoms with van der Waals surface area (Å²) in [7, 11) is 0. The Balaban J connectivity index is 2.19. The zero-order chi connectivity index (χ0) is 10.7. The molecule has 0 atom stereocenters. The summed E-state index contributed by atoms with van der Waals surface area (Å²) in [4.78, 5) is 13.5. The highest BCUT2D eigenvalue weighted by molar-refractivity contribution is 6.17. The second-order valence-electron chi connectivity index (χ2n) is 3.19. The first-order valence-corrected chi connectivity index (χ1v) is 5.26. The Labute approximate surface area is 91.2 Å². The number of rotatable bonds is 4. The maximum Gasteiger partial charge on any atom is 0.417 e. The maximum absolute atomic E-state index is 10.9. The average molecular weight is 227 g/mol. The highest BCUT2D eigenvalue weighted by Crippen LogP contribution is 2.15. The van der Waals surface area contributed by atoms with E-state index < -0.39 is 5.76 Å². The molecule has 0 fully saturated rings. The Morgan fingerprint density at radius 2 is 2.33 bits per heavy atom. The number of hydrogen-bond acceptors (Lipinski definition) is 3. The second-order valence-corrected chi connectivity index (χ2v) is 3.57. The van der Waals surface area contributed by atoms with Crippen LogP contribution in [-0.2, 0) is 0 Å². The number of anilines is 1. The van der Waals surface area contributed by atoms with Crippen molar-refractivity contribution in [3.05, 3.63) is 28.7 Å². The van der Waals surface area contributed by atoms with Crippen molar-refractivity contribution in [1.29, 1.82) is 0 Å². The van der Waals surface area contributed by atoms with Gasteiger partial charge >= 0.3 is 5.76 Å². The molecule has 1 heterocycles. The molecule has 0 saturated carbocycles. The number of aromatic nitrogens is 1. The predicted octanol–water partition coefficient (Wildman–Crippen LogP) is 2.16. The van der Waals surface area contributed by atoms with Crippen LogP contribution in [0.4, 0.5) is 5.69 Å². The summed E-state index contributed by atoms with van der Waals surface area (Å²) in [5, 5.41) is 3.20. The van der Waals surface area contributed by atoms with Crippen LogP contribution in [0, 0.1) is 0 Å². The molecule has 5 heteroatoms. The molecule has 2 N–H and O–H groups in total. The Morgan fingerprint density at radius 1 is 1.47 bits per heavy atom. The number of H-pyrrole nitrogens is 1. The van der Waals surface area contributed by atoms with Gasteiger partial charge in [0.2, 0.25) is 0 Å². The lowest BCUT2D eigenvalue weighted by Crippen LogP contribution is -2.01. The summed E-state index contributed by atoms with van der Waals surface area (Å²) in [6, 6.07) is 5.47. The predicted molar refractivity (Wildman–Crippen MR) is 60.7 cm³/mol. The van der Waals surface area contributed by atoms with Crippen molar-refractivity contribution in [3.8, 4) is 0 Å². The van der Waals surface area contributed by atoms with Gasteiger partial charge in [-0.25, -0.2) is 4.79 Å². The van der Waals surface area contributed by atoms with Crippen molar-refractivity contribution < 1.29 is 4.42 Å². The van der Waals surface area contributed by atoms with Crippen LogP contribution < -0.4 is 11.1 Å². The van der Waals surface area contributed by atoms with E-state index in [0.717, 1.165) is 18.7 Å². The molecule has 1 aromatic heterocycles. The molecule has 15 heavy (non-hydrogen) atoms. The number of benzene rings is 1. The highest BCUT2D eigenvalue weighted by atomic mass is 35.5. The fourth-order valence-electron chi connectivity index (χ4n) is 1.36. The number of oxazole rings is 1. The monoisotopic (exact) mass is 226 g/mol. The maximum atomic E-state index is 10.9. The lowest BCUT2D eigenvalue weighted by atomic mass is 10.3. The first kappa shape index (κ1) is 10.1. The van der Waals surface area contributed by atoms with E-state index >= 15 is 0 Å². The minimum Gasteiger partial charge on any atom is -0.408 e. The van der Waals surface area contributed by atoms with Gasteiger partial charge in [-0.15, -0.1) is 11.6 Å².